The molecule has 0 saturated heterocycles. The first-order chi connectivity index (χ1) is 14.0. The molecular formula is C23H18BrNO4. The lowest BCUT2D eigenvalue weighted by Gasteiger charge is -2.08. The molecule has 146 valence electrons. The van der Waals surface area contributed by atoms with E-state index in [4.69, 9.17) is 4.74 Å². The molecule has 29 heavy (non-hydrogen) atoms. The average Bonchev–Trinajstić information content (AvgIpc) is 2.73. The summed E-state index contributed by atoms with van der Waals surface area (Å²) in [5, 5.41) is 11.8. The number of benzene rings is 3. The molecule has 1 amide bonds. The van der Waals surface area contributed by atoms with E-state index in [1.807, 2.05) is 24.3 Å². The topological polar surface area (TPSA) is 75.6 Å². The molecule has 2 N–H and O–H groups in total. The largest absolute Gasteiger partial charge is 0.489 e. The van der Waals surface area contributed by atoms with E-state index in [-0.39, 0.29) is 5.70 Å². The van der Waals surface area contributed by atoms with Gasteiger partial charge >= 0.3 is 5.97 Å². The zero-order valence-corrected chi connectivity index (χ0v) is 16.9. The normalized spacial score (nSPS) is 11.0. The van der Waals surface area contributed by atoms with Crippen molar-refractivity contribution in [3.05, 3.63) is 106 Å². The van der Waals surface area contributed by atoms with Crippen molar-refractivity contribution in [2.75, 3.05) is 0 Å². The molecule has 6 heteroatoms. The third-order valence-electron chi connectivity index (χ3n) is 4.00. The smallest absolute Gasteiger partial charge is 0.352 e. The summed E-state index contributed by atoms with van der Waals surface area (Å²) in [5.41, 5.74) is 1.84. The van der Waals surface area contributed by atoms with E-state index >= 15 is 0 Å². The highest BCUT2D eigenvalue weighted by molar-refractivity contribution is 9.10. The molecule has 0 aliphatic carbocycles. The van der Waals surface area contributed by atoms with Crippen LogP contribution < -0.4 is 10.1 Å². The van der Waals surface area contributed by atoms with Gasteiger partial charge in [0.25, 0.3) is 5.91 Å². The number of nitrogens with one attached hydrogen (secondary N) is 1. The molecule has 0 spiro atoms. The Kier molecular flexibility index (Phi) is 6.81. The van der Waals surface area contributed by atoms with Crippen molar-refractivity contribution in [1.29, 1.82) is 0 Å². The maximum Gasteiger partial charge on any atom is 0.352 e. The second kappa shape index (κ2) is 9.71. The van der Waals surface area contributed by atoms with Gasteiger partial charge in [-0.3, -0.25) is 4.79 Å². The summed E-state index contributed by atoms with van der Waals surface area (Å²) in [6.45, 7) is 0.419. The lowest BCUT2D eigenvalue weighted by Crippen LogP contribution is -2.27. The van der Waals surface area contributed by atoms with Crippen molar-refractivity contribution < 1.29 is 19.4 Å². The Bertz CT molecular complexity index is 1030. The number of carboxylic acids is 1. The predicted octanol–water partition coefficient (Wildman–Crippen LogP) is 4.88. The summed E-state index contributed by atoms with van der Waals surface area (Å²) >= 11 is 3.42. The van der Waals surface area contributed by atoms with Gasteiger partial charge in [-0.05, 0) is 53.6 Å². The van der Waals surface area contributed by atoms with Gasteiger partial charge in [0, 0.05) is 10.0 Å². The van der Waals surface area contributed by atoms with Crippen LogP contribution in [-0.2, 0) is 11.4 Å². The number of ether oxygens (including phenoxy) is 1. The first-order valence-corrected chi connectivity index (χ1v) is 9.59. The van der Waals surface area contributed by atoms with Crippen molar-refractivity contribution in [3.8, 4) is 5.75 Å². The number of amides is 1. The Morgan fingerprint density at radius 3 is 2.34 bits per heavy atom. The molecule has 0 fully saturated rings. The Hall–Kier alpha value is -3.38. The van der Waals surface area contributed by atoms with Gasteiger partial charge in [-0.15, -0.1) is 0 Å². The quantitative estimate of drug-likeness (QED) is 0.501. The molecule has 0 aliphatic rings. The molecule has 0 unspecified atom stereocenters. The van der Waals surface area contributed by atoms with Crippen LogP contribution in [0.2, 0.25) is 0 Å². The third kappa shape index (κ3) is 6.05. The molecule has 0 bridgehead atoms. The number of carboxylic acid groups (broad SMARTS) is 1. The molecule has 0 heterocycles. The second-order valence-electron chi connectivity index (χ2n) is 6.17. The summed E-state index contributed by atoms with van der Waals surface area (Å²) in [6.07, 6.45) is 1.40. The number of hydrogen-bond donors (Lipinski definition) is 2. The van der Waals surface area contributed by atoms with Crippen LogP contribution in [0.15, 0.2) is 89.0 Å². The first kappa shape index (κ1) is 20.4. The standard InChI is InChI=1S/C23H18BrNO4/c24-19-8-4-5-17(13-19)15-29-20-11-9-16(10-12-20)14-21(23(27)28)25-22(26)18-6-2-1-3-7-18/h1-14H,15H2,(H,25,26)(H,27,28). The van der Waals surface area contributed by atoms with Crippen molar-refractivity contribution >= 4 is 33.9 Å². The van der Waals surface area contributed by atoms with Gasteiger partial charge in [-0.1, -0.05) is 58.4 Å². The van der Waals surface area contributed by atoms with Crippen LogP contribution in [0.1, 0.15) is 21.5 Å². The number of halogens is 1. The van der Waals surface area contributed by atoms with Crippen LogP contribution in [0.3, 0.4) is 0 Å². The Labute approximate surface area is 176 Å². The number of carbonyl (C=O) groups is 2. The van der Waals surface area contributed by atoms with Gasteiger partial charge in [0.2, 0.25) is 0 Å². The monoisotopic (exact) mass is 451 g/mol. The zero-order valence-electron chi connectivity index (χ0n) is 15.3. The fourth-order valence-corrected chi connectivity index (χ4v) is 3.00. The van der Waals surface area contributed by atoms with E-state index in [9.17, 15) is 14.7 Å². The zero-order chi connectivity index (χ0) is 20.6. The molecule has 0 aliphatic heterocycles. The molecule has 5 nitrogen and oxygen atoms in total. The van der Waals surface area contributed by atoms with Gasteiger partial charge < -0.3 is 15.2 Å². The minimum atomic E-state index is -1.22. The fourth-order valence-electron chi connectivity index (χ4n) is 2.56. The van der Waals surface area contributed by atoms with Crippen molar-refractivity contribution in [2.24, 2.45) is 0 Å². The van der Waals surface area contributed by atoms with Crippen LogP contribution in [0, 0.1) is 0 Å². The van der Waals surface area contributed by atoms with E-state index in [1.54, 1.807) is 54.6 Å². The number of rotatable bonds is 7. The fraction of sp³-hybridized carbons (Fsp3) is 0.0435. The van der Waals surface area contributed by atoms with E-state index < -0.39 is 11.9 Å². The third-order valence-corrected chi connectivity index (χ3v) is 4.49. The highest BCUT2D eigenvalue weighted by atomic mass is 79.9. The summed E-state index contributed by atoms with van der Waals surface area (Å²) in [6, 6.07) is 23.2. The molecule has 0 atom stereocenters. The lowest BCUT2D eigenvalue weighted by molar-refractivity contribution is -0.132. The van der Waals surface area contributed by atoms with Gasteiger partial charge in [-0.2, -0.15) is 0 Å². The Morgan fingerprint density at radius 1 is 0.966 bits per heavy atom. The number of hydrogen-bond acceptors (Lipinski definition) is 3. The molecule has 3 rings (SSSR count). The van der Waals surface area contributed by atoms with Crippen LogP contribution >= 0.6 is 15.9 Å². The van der Waals surface area contributed by atoms with E-state index in [0.717, 1.165) is 10.0 Å². The Morgan fingerprint density at radius 2 is 1.69 bits per heavy atom. The minimum absolute atomic E-state index is 0.207. The molecule has 3 aromatic rings. The molecular weight excluding hydrogens is 434 g/mol. The van der Waals surface area contributed by atoms with Crippen LogP contribution in [-0.4, -0.2) is 17.0 Å². The van der Waals surface area contributed by atoms with E-state index in [2.05, 4.69) is 21.2 Å². The predicted molar refractivity (Wildman–Crippen MR) is 114 cm³/mol. The first-order valence-electron chi connectivity index (χ1n) is 8.80. The SMILES string of the molecule is O=C(O)C(=Cc1ccc(OCc2cccc(Br)c2)cc1)NC(=O)c1ccccc1. The molecule has 3 aromatic carbocycles. The number of carbonyl (C=O) groups excluding carboxylic acids is 1. The molecule has 0 saturated carbocycles. The van der Waals surface area contributed by atoms with Crippen molar-refractivity contribution in [2.45, 2.75) is 6.61 Å². The van der Waals surface area contributed by atoms with Crippen LogP contribution in [0.4, 0.5) is 0 Å². The van der Waals surface area contributed by atoms with E-state index in [0.29, 0.717) is 23.5 Å². The van der Waals surface area contributed by atoms with Crippen LogP contribution in [0.5, 0.6) is 5.75 Å². The summed E-state index contributed by atoms with van der Waals surface area (Å²) in [5.74, 6) is -1.04. The second-order valence-corrected chi connectivity index (χ2v) is 7.09. The highest BCUT2D eigenvalue weighted by Gasteiger charge is 2.13. The maximum absolute atomic E-state index is 12.2. The van der Waals surface area contributed by atoms with Crippen molar-refractivity contribution in [3.63, 3.8) is 0 Å². The molecule has 0 radical (unpaired) electrons. The van der Waals surface area contributed by atoms with Crippen molar-refractivity contribution in [1.82, 2.24) is 5.32 Å². The molecule has 0 aromatic heterocycles. The minimum Gasteiger partial charge on any atom is -0.489 e. The highest BCUT2D eigenvalue weighted by Crippen LogP contribution is 2.18. The van der Waals surface area contributed by atoms with Gasteiger partial charge in [0.15, 0.2) is 0 Å². The number of aliphatic carboxylic acids is 1. The van der Waals surface area contributed by atoms with Crippen LogP contribution in [0.25, 0.3) is 6.08 Å². The Balaban J connectivity index is 1.67. The summed E-state index contributed by atoms with van der Waals surface area (Å²) in [7, 11) is 0. The average molecular weight is 452 g/mol. The summed E-state index contributed by atoms with van der Waals surface area (Å²) in [4.78, 5) is 23.7. The van der Waals surface area contributed by atoms with Gasteiger partial charge in [0.1, 0.15) is 18.1 Å². The van der Waals surface area contributed by atoms with E-state index in [1.165, 1.54) is 6.08 Å². The summed E-state index contributed by atoms with van der Waals surface area (Å²) < 4.78 is 6.73. The van der Waals surface area contributed by atoms with Gasteiger partial charge in [-0.25, -0.2) is 4.79 Å². The maximum atomic E-state index is 12.2. The lowest BCUT2D eigenvalue weighted by atomic mass is 10.1. The van der Waals surface area contributed by atoms with Gasteiger partial charge in [0.05, 0.1) is 0 Å².